The SMILES string of the molecule is OCC1(O)[CH]O1. The standard InChI is InChI=1S/C3H5O3/c4-1-3(5)2-6-3/h2,4-5H,1H2. The van der Waals surface area contributed by atoms with Crippen LogP contribution >= 0.6 is 0 Å². The third-order valence-corrected chi connectivity index (χ3v) is 0.616. The van der Waals surface area contributed by atoms with Crippen LogP contribution in [0.4, 0.5) is 0 Å². The van der Waals surface area contributed by atoms with E-state index < -0.39 is 5.79 Å². The van der Waals surface area contributed by atoms with E-state index in [1.165, 1.54) is 6.61 Å². The molecule has 0 aromatic heterocycles. The van der Waals surface area contributed by atoms with Crippen molar-refractivity contribution in [2.45, 2.75) is 5.79 Å². The third kappa shape index (κ3) is 0.518. The van der Waals surface area contributed by atoms with Crippen LogP contribution in [0.15, 0.2) is 0 Å². The molecule has 1 aliphatic rings. The lowest BCUT2D eigenvalue weighted by atomic mass is 10.4. The van der Waals surface area contributed by atoms with Crippen LogP contribution in [0.25, 0.3) is 0 Å². The summed E-state index contributed by atoms with van der Waals surface area (Å²) in [6, 6.07) is 0. The molecule has 1 rings (SSSR count). The van der Waals surface area contributed by atoms with Gasteiger partial charge in [-0.15, -0.1) is 0 Å². The first-order valence-electron chi connectivity index (χ1n) is 1.62. The molecule has 0 spiro atoms. The summed E-state index contributed by atoms with van der Waals surface area (Å²) >= 11 is 0. The predicted octanol–water partition coefficient (Wildman–Crippen LogP) is -1.14. The molecule has 0 aliphatic carbocycles. The van der Waals surface area contributed by atoms with Crippen LogP contribution in [-0.4, -0.2) is 22.6 Å². The van der Waals surface area contributed by atoms with Gasteiger partial charge in [0, 0.05) is 0 Å². The van der Waals surface area contributed by atoms with Crippen molar-refractivity contribution in [2.75, 3.05) is 6.61 Å². The van der Waals surface area contributed by atoms with Crippen LogP contribution in [0.3, 0.4) is 0 Å². The van der Waals surface area contributed by atoms with Crippen molar-refractivity contribution < 1.29 is 14.9 Å². The van der Waals surface area contributed by atoms with Gasteiger partial charge in [0.15, 0.2) is 0 Å². The molecular formula is C3H5O3. The Balaban J connectivity index is 2.28. The Hall–Kier alpha value is -0.120. The molecule has 0 amide bonds. The highest BCUT2D eigenvalue weighted by Crippen LogP contribution is 2.26. The summed E-state index contributed by atoms with van der Waals surface area (Å²) in [5.74, 6) is -1.28. The summed E-state index contributed by atoms with van der Waals surface area (Å²) in [6.45, 7) is 0.833. The molecule has 0 aromatic rings. The largest absolute Gasteiger partial charge is 0.391 e. The zero-order valence-electron chi connectivity index (χ0n) is 3.09. The summed E-state index contributed by atoms with van der Waals surface area (Å²) in [7, 11) is 0. The fourth-order valence-corrected chi connectivity index (χ4v) is 0.143. The molecule has 1 aliphatic heterocycles. The quantitative estimate of drug-likeness (QED) is 0.399. The zero-order valence-corrected chi connectivity index (χ0v) is 3.09. The molecule has 3 nitrogen and oxygen atoms in total. The Morgan fingerprint density at radius 3 is 2.33 bits per heavy atom. The molecule has 0 saturated carbocycles. The smallest absolute Gasteiger partial charge is 0.219 e. The Labute approximate surface area is 35.2 Å². The van der Waals surface area contributed by atoms with Gasteiger partial charge >= 0.3 is 0 Å². The molecule has 1 atom stereocenters. The van der Waals surface area contributed by atoms with Crippen molar-refractivity contribution in [3.05, 3.63) is 6.61 Å². The summed E-state index contributed by atoms with van der Waals surface area (Å²) in [4.78, 5) is 0. The minimum Gasteiger partial charge on any atom is -0.391 e. The van der Waals surface area contributed by atoms with Crippen molar-refractivity contribution in [3.8, 4) is 0 Å². The molecule has 1 fully saturated rings. The second kappa shape index (κ2) is 0.932. The molecule has 1 radical (unpaired) electrons. The first-order valence-corrected chi connectivity index (χ1v) is 1.62. The molecule has 2 N–H and O–H groups in total. The van der Waals surface area contributed by atoms with Gasteiger partial charge < -0.3 is 14.9 Å². The number of epoxide rings is 1. The zero-order chi connectivity index (χ0) is 4.62. The Morgan fingerprint density at radius 1 is 1.83 bits per heavy atom. The van der Waals surface area contributed by atoms with E-state index in [1.54, 1.807) is 0 Å². The fraction of sp³-hybridized carbons (Fsp3) is 0.667. The second-order valence-corrected chi connectivity index (χ2v) is 1.24. The van der Waals surface area contributed by atoms with Gasteiger partial charge in [0.05, 0.1) is 6.61 Å². The number of hydrogen-bond donors (Lipinski definition) is 2. The monoisotopic (exact) mass is 89.0 g/mol. The van der Waals surface area contributed by atoms with Crippen LogP contribution < -0.4 is 0 Å². The van der Waals surface area contributed by atoms with Gasteiger partial charge in [-0.05, 0) is 0 Å². The average molecular weight is 89.1 g/mol. The van der Waals surface area contributed by atoms with E-state index in [1.807, 2.05) is 0 Å². The van der Waals surface area contributed by atoms with Crippen molar-refractivity contribution >= 4 is 0 Å². The van der Waals surface area contributed by atoms with Crippen LogP contribution in [0.2, 0.25) is 0 Å². The number of hydrogen-bond acceptors (Lipinski definition) is 3. The van der Waals surface area contributed by atoms with Crippen molar-refractivity contribution in [1.82, 2.24) is 0 Å². The lowest BCUT2D eigenvalue weighted by Gasteiger charge is -1.90. The number of rotatable bonds is 1. The maximum absolute atomic E-state index is 8.41. The van der Waals surface area contributed by atoms with Crippen LogP contribution in [0.5, 0.6) is 0 Å². The summed E-state index contributed by atoms with van der Waals surface area (Å²) in [5, 5.41) is 16.5. The van der Waals surface area contributed by atoms with Crippen molar-refractivity contribution in [2.24, 2.45) is 0 Å². The minimum absolute atomic E-state index is 0.340. The molecule has 0 aromatic carbocycles. The molecule has 1 heterocycles. The molecular weight excluding hydrogens is 84.0 g/mol. The van der Waals surface area contributed by atoms with Crippen LogP contribution in [-0.2, 0) is 4.74 Å². The third-order valence-electron chi connectivity index (χ3n) is 0.616. The highest BCUT2D eigenvalue weighted by molar-refractivity contribution is 4.90. The normalized spacial score (nSPS) is 43.0. The minimum atomic E-state index is -1.28. The lowest BCUT2D eigenvalue weighted by Crippen LogP contribution is -2.12. The highest BCUT2D eigenvalue weighted by Gasteiger charge is 2.42. The van der Waals surface area contributed by atoms with Gasteiger partial charge in [0.2, 0.25) is 5.79 Å². The maximum Gasteiger partial charge on any atom is 0.219 e. The first kappa shape index (κ1) is 4.05. The van der Waals surface area contributed by atoms with E-state index >= 15 is 0 Å². The Bertz CT molecular complexity index is 57.1. The van der Waals surface area contributed by atoms with Crippen LogP contribution in [0.1, 0.15) is 0 Å². The first-order chi connectivity index (χ1) is 2.77. The molecule has 1 saturated heterocycles. The van der Waals surface area contributed by atoms with Gasteiger partial charge in [-0.3, -0.25) is 0 Å². The van der Waals surface area contributed by atoms with E-state index in [9.17, 15) is 0 Å². The highest BCUT2D eigenvalue weighted by atomic mass is 16.7. The topological polar surface area (TPSA) is 53.0 Å². The van der Waals surface area contributed by atoms with E-state index in [0.29, 0.717) is 0 Å². The lowest BCUT2D eigenvalue weighted by molar-refractivity contribution is -0.0127. The van der Waals surface area contributed by atoms with E-state index in [4.69, 9.17) is 10.2 Å². The van der Waals surface area contributed by atoms with Crippen molar-refractivity contribution in [3.63, 3.8) is 0 Å². The summed E-state index contributed by atoms with van der Waals surface area (Å²) in [6.07, 6.45) is 0. The molecule has 35 valence electrons. The second-order valence-electron chi connectivity index (χ2n) is 1.24. The van der Waals surface area contributed by atoms with Gasteiger partial charge in [-0.1, -0.05) is 0 Å². The van der Waals surface area contributed by atoms with Gasteiger partial charge in [-0.25, -0.2) is 0 Å². The number of aliphatic hydroxyl groups is 2. The van der Waals surface area contributed by atoms with E-state index in [2.05, 4.69) is 4.74 Å². The fourth-order valence-electron chi connectivity index (χ4n) is 0.143. The van der Waals surface area contributed by atoms with Gasteiger partial charge in [0.25, 0.3) is 0 Å². The molecule has 6 heavy (non-hydrogen) atoms. The number of aliphatic hydroxyl groups excluding tert-OH is 1. The number of ether oxygens (including phenoxy) is 1. The van der Waals surface area contributed by atoms with Crippen LogP contribution in [0, 0.1) is 6.61 Å². The Morgan fingerprint density at radius 2 is 2.33 bits per heavy atom. The van der Waals surface area contributed by atoms with Crippen molar-refractivity contribution in [1.29, 1.82) is 0 Å². The average Bonchev–Trinajstić information content (AvgIpc) is 2.22. The summed E-state index contributed by atoms with van der Waals surface area (Å²) < 4.78 is 4.23. The van der Waals surface area contributed by atoms with Gasteiger partial charge in [0.1, 0.15) is 6.61 Å². The van der Waals surface area contributed by atoms with Gasteiger partial charge in [-0.2, -0.15) is 0 Å². The molecule has 3 heteroatoms. The predicted molar refractivity (Wildman–Crippen MR) is 17.4 cm³/mol. The van der Waals surface area contributed by atoms with E-state index in [-0.39, 0.29) is 6.61 Å². The van der Waals surface area contributed by atoms with E-state index in [0.717, 1.165) is 0 Å². The Kier molecular flexibility index (Phi) is 0.629. The molecule has 1 unspecified atom stereocenters. The molecule has 0 bridgehead atoms. The summed E-state index contributed by atoms with van der Waals surface area (Å²) in [5.41, 5.74) is 0. The maximum atomic E-state index is 8.41.